The molecule has 1 saturated heterocycles. The quantitative estimate of drug-likeness (QED) is 0.207. The van der Waals surface area contributed by atoms with Gasteiger partial charge in [-0.15, -0.1) is 0 Å². The SMILES string of the molecule is NC=O.O=C(O)CCNC(=O)C1CC(c2ccc3c(c2)B(O)OC3)CN1C(=O)c1ccc2c(c1)B(O)OC2. The van der Waals surface area contributed by atoms with Gasteiger partial charge < -0.3 is 40.4 Å². The first-order chi connectivity index (χ1) is 18.2. The van der Waals surface area contributed by atoms with Gasteiger partial charge in [0.25, 0.3) is 5.91 Å². The molecule has 0 aliphatic carbocycles. The first-order valence-corrected chi connectivity index (χ1v) is 12.0. The smallest absolute Gasteiger partial charge is 0.481 e. The summed E-state index contributed by atoms with van der Waals surface area (Å²) in [5, 5.41) is 31.6. The summed E-state index contributed by atoms with van der Waals surface area (Å²) in [6.07, 6.45) is 0.373. The minimum absolute atomic E-state index is 0.0396. The maximum Gasteiger partial charge on any atom is 0.491 e. The zero-order valence-electron chi connectivity index (χ0n) is 20.4. The van der Waals surface area contributed by atoms with Crippen molar-refractivity contribution in [3.63, 3.8) is 0 Å². The Morgan fingerprint density at radius 1 is 1.05 bits per heavy atom. The number of carbonyl (C=O) groups is 4. The molecule has 198 valence electrons. The molecule has 2 atom stereocenters. The molecule has 0 bridgehead atoms. The molecule has 0 radical (unpaired) electrons. The van der Waals surface area contributed by atoms with Crippen molar-refractivity contribution in [3.05, 3.63) is 58.7 Å². The largest absolute Gasteiger partial charge is 0.491 e. The monoisotopic (exact) mass is 523 g/mol. The van der Waals surface area contributed by atoms with Gasteiger partial charge in [-0.25, -0.2) is 0 Å². The Hall–Kier alpha value is -3.71. The molecule has 0 spiro atoms. The molecule has 3 heterocycles. The molecular formula is C24H27B2N3O9. The van der Waals surface area contributed by atoms with Crippen LogP contribution in [0, 0.1) is 0 Å². The van der Waals surface area contributed by atoms with Crippen LogP contribution in [0.25, 0.3) is 0 Å². The standard InChI is InChI=1S/C23H24B2N2O8.CH3NO/c28-21(29)5-6-26-22(30)20-9-17(13-1-3-15-11-34-24(32)18(15)7-13)10-27(20)23(31)14-2-4-16-12-35-25(33)19(16)8-14;2-1-3/h1-4,7-8,17,20,32-33H,5-6,9-12H2,(H,26,30)(H,28,29);1H,(H2,2,3). The number of nitrogens with zero attached hydrogens (tertiary/aromatic N) is 1. The molecule has 3 amide bonds. The first kappa shape index (κ1) is 27.3. The molecule has 5 rings (SSSR count). The summed E-state index contributed by atoms with van der Waals surface area (Å²) in [5.41, 5.74) is 8.29. The number of carboxylic acid groups (broad SMARTS) is 1. The van der Waals surface area contributed by atoms with Crippen LogP contribution in [-0.2, 0) is 36.9 Å². The molecular weight excluding hydrogens is 496 g/mol. The maximum absolute atomic E-state index is 13.5. The van der Waals surface area contributed by atoms with Crippen LogP contribution in [0.4, 0.5) is 0 Å². The van der Waals surface area contributed by atoms with E-state index in [-0.39, 0.29) is 44.4 Å². The van der Waals surface area contributed by atoms with Crippen molar-refractivity contribution in [1.82, 2.24) is 10.2 Å². The van der Waals surface area contributed by atoms with Crippen LogP contribution < -0.4 is 22.0 Å². The number of nitrogens with two attached hydrogens (primary N) is 1. The van der Waals surface area contributed by atoms with Crippen LogP contribution >= 0.6 is 0 Å². The van der Waals surface area contributed by atoms with E-state index in [2.05, 4.69) is 11.1 Å². The molecule has 1 fully saturated rings. The van der Waals surface area contributed by atoms with E-state index in [1.807, 2.05) is 18.2 Å². The Kier molecular flexibility index (Phi) is 8.47. The summed E-state index contributed by atoms with van der Waals surface area (Å²) in [6.45, 7) is 0.817. The number of aliphatic carboxylic acids is 1. The summed E-state index contributed by atoms with van der Waals surface area (Å²) < 4.78 is 10.5. The number of nitrogens with one attached hydrogen (secondary N) is 1. The Morgan fingerprint density at radius 2 is 1.66 bits per heavy atom. The molecule has 0 aromatic heterocycles. The van der Waals surface area contributed by atoms with Gasteiger partial charge in [0.1, 0.15) is 6.04 Å². The van der Waals surface area contributed by atoms with E-state index in [1.165, 1.54) is 4.90 Å². The lowest BCUT2D eigenvalue weighted by atomic mass is 9.77. The average molecular weight is 523 g/mol. The van der Waals surface area contributed by atoms with Crippen LogP contribution in [-0.4, -0.2) is 77.6 Å². The Morgan fingerprint density at radius 3 is 2.29 bits per heavy atom. The fraction of sp³-hybridized carbons (Fsp3) is 0.333. The molecule has 2 aromatic rings. The van der Waals surface area contributed by atoms with Crippen molar-refractivity contribution in [1.29, 1.82) is 0 Å². The van der Waals surface area contributed by atoms with Crippen molar-refractivity contribution in [3.8, 4) is 0 Å². The summed E-state index contributed by atoms with van der Waals surface area (Å²) in [6, 6.07) is 9.83. The van der Waals surface area contributed by atoms with Gasteiger partial charge in [0.2, 0.25) is 12.3 Å². The minimum atomic E-state index is -1.10. The number of hydrogen-bond donors (Lipinski definition) is 5. The number of carboxylic acids is 1. The highest BCUT2D eigenvalue weighted by molar-refractivity contribution is 6.62. The minimum Gasteiger partial charge on any atom is -0.481 e. The van der Waals surface area contributed by atoms with Crippen molar-refractivity contribution >= 4 is 49.4 Å². The molecule has 12 nitrogen and oxygen atoms in total. The molecule has 2 unspecified atom stereocenters. The van der Waals surface area contributed by atoms with Gasteiger partial charge in [-0.05, 0) is 46.2 Å². The molecule has 0 saturated carbocycles. The van der Waals surface area contributed by atoms with E-state index in [9.17, 15) is 24.4 Å². The first-order valence-electron chi connectivity index (χ1n) is 12.0. The van der Waals surface area contributed by atoms with Crippen LogP contribution in [0.15, 0.2) is 36.4 Å². The van der Waals surface area contributed by atoms with Crippen molar-refractivity contribution in [2.45, 2.75) is 38.0 Å². The third kappa shape index (κ3) is 5.73. The number of rotatable bonds is 6. The molecule has 14 heteroatoms. The van der Waals surface area contributed by atoms with Crippen molar-refractivity contribution in [2.24, 2.45) is 5.73 Å². The topological polar surface area (TPSA) is 189 Å². The molecule has 2 aromatic carbocycles. The van der Waals surface area contributed by atoms with Crippen LogP contribution in [0.1, 0.15) is 45.8 Å². The Bertz CT molecular complexity index is 1240. The number of fused-ring (bicyclic) bond motifs is 2. The lowest BCUT2D eigenvalue weighted by Crippen LogP contribution is -2.46. The number of amides is 3. The maximum atomic E-state index is 13.5. The van der Waals surface area contributed by atoms with E-state index >= 15 is 0 Å². The Balaban J connectivity index is 0.00000107. The highest BCUT2D eigenvalue weighted by atomic mass is 16.5. The second kappa shape index (κ2) is 11.8. The zero-order valence-corrected chi connectivity index (χ0v) is 20.4. The lowest BCUT2D eigenvalue weighted by Gasteiger charge is -2.24. The van der Waals surface area contributed by atoms with Crippen LogP contribution in [0.2, 0.25) is 0 Å². The second-order valence-corrected chi connectivity index (χ2v) is 9.18. The van der Waals surface area contributed by atoms with E-state index in [0.717, 1.165) is 16.7 Å². The number of primary amides is 1. The second-order valence-electron chi connectivity index (χ2n) is 9.18. The van der Waals surface area contributed by atoms with Gasteiger partial charge in [-0.3, -0.25) is 19.2 Å². The molecule has 3 aliphatic heterocycles. The van der Waals surface area contributed by atoms with Gasteiger partial charge in [0.05, 0.1) is 19.6 Å². The van der Waals surface area contributed by atoms with Gasteiger partial charge in [0, 0.05) is 24.6 Å². The number of likely N-dealkylation sites (tertiary alicyclic amines) is 1. The fourth-order valence-electron chi connectivity index (χ4n) is 4.96. The Labute approximate surface area is 219 Å². The summed E-state index contributed by atoms with van der Waals surface area (Å²) in [7, 11) is -2.10. The summed E-state index contributed by atoms with van der Waals surface area (Å²) in [5.74, 6) is -1.98. The lowest BCUT2D eigenvalue weighted by molar-refractivity contribution is -0.137. The predicted molar refractivity (Wildman–Crippen MR) is 135 cm³/mol. The molecule has 6 N–H and O–H groups in total. The van der Waals surface area contributed by atoms with E-state index in [0.29, 0.717) is 29.5 Å². The average Bonchev–Trinajstić information content (AvgIpc) is 3.61. The molecule has 3 aliphatic rings. The third-order valence-corrected chi connectivity index (χ3v) is 6.86. The normalized spacial score (nSPS) is 19.4. The van der Waals surface area contributed by atoms with Gasteiger partial charge >= 0.3 is 20.2 Å². The van der Waals surface area contributed by atoms with Gasteiger partial charge in [0.15, 0.2) is 0 Å². The summed E-state index contributed by atoms with van der Waals surface area (Å²) >= 11 is 0. The number of carbonyl (C=O) groups excluding carboxylic acids is 3. The van der Waals surface area contributed by atoms with Gasteiger partial charge in [-0.1, -0.05) is 24.3 Å². The highest BCUT2D eigenvalue weighted by Crippen LogP contribution is 2.33. The van der Waals surface area contributed by atoms with Crippen molar-refractivity contribution < 1.29 is 43.6 Å². The summed E-state index contributed by atoms with van der Waals surface area (Å²) in [4.78, 5) is 47.5. The predicted octanol–water partition coefficient (Wildman–Crippen LogP) is -2.19. The zero-order chi connectivity index (χ0) is 27.4. The van der Waals surface area contributed by atoms with Crippen LogP contribution in [0.5, 0.6) is 0 Å². The number of hydrogen-bond acceptors (Lipinski definition) is 8. The van der Waals surface area contributed by atoms with E-state index in [1.54, 1.807) is 18.2 Å². The van der Waals surface area contributed by atoms with Gasteiger partial charge in [-0.2, -0.15) is 0 Å². The van der Waals surface area contributed by atoms with Crippen molar-refractivity contribution in [2.75, 3.05) is 13.1 Å². The highest BCUT2D eigenvalue weighted by Gasteiger charge is 2.41. The van der Waals surface area contributed by atoms with E-state index in [4.69, 9.17) is 19.2 Å². The van der Waals surface area contributed by atoms with Crippen LogP contribution in [0.3, 0.4) is 0 Å². The third-order valence-electron chi connectivity index (χ3n) is 6.86. The van der Waals surface area contributed by atoms with E-state index < -0.39 is 32.2 Å². The fourth-order valence-corrected chi connectivity index (χ4v) is 4.96. The number of benzene rings is 2. The molecule has 38 heavy (non-hydrogen) atoms.